The molecule has 0 spiro atoms. The molecule has 5 nitrogen and oxygen atoms in total. The zero-order valence-electron chi connectivity index (χ0n) is 17.9. The molecule has 28 heavy (non-hydrogen) atoms. The summed E-state index contributed by atoms with van der Waals surface area (Å²) in [4.78, 5) is 12.7. The second-order valence-electron chi connectivity index (χ2n) is 6.88. The van der Waals surface area contributed by atoms with E-state index in [1.807, 2.05) is 0 Å². The third kappa shape index (κ3) is 7.83. The van der Waals surface area contributed by atoms with Gasteiger partial charge in [0.2, 0.25) is 5.75 Å². The van der Waals surface area contributed by atoms with Crippen molar-refractivity contribution in [3.8, 4) is 17.2 Å². The van der Waals surface area contributed by atoms with E-state index in [9.17, 15) is 4.79 Å². The number of methoxy groups -OCH3 is 3. The molecule has 0 aliphatic rings. The van der Waals surface area contributed by atoms with Gasteiger partial charge in [0.15, 0.2) is 11.5 Å². The third-order valence-corrected chi connectivity index (χ3v) is 4.73. The Bertz CT molecular complexity index is 572. The van der Waals surface area contributed by atoms with E-state index in [1.165, 1.54) is 59.9 Å². The van der Waals surface area contributed by atoms with Crippen LogP contribution in [-0.2, 0) is 4.74 Å². The SMILES string of the molecule is C=CCC(CCCCCCCCC)OC(=O)c1cc(OC)c(OC)c(OC)c1. The zero-order valence-corrected chi connectivity index (χ0v) is 17.9. The van der Waals surface area contributed by atoms with Crippen molar-refractivity contribution in [1.29, 1.82) is 0 Å². The minimum atomic E-state index is -0.394. The molecule has 0 fully saturated rings. The number of benzene rings is 1. The second kappa shape index (κ2) is 13.9. The molecule has 158 valence electrons. The molecule has 0 saturated heterocycles. The number of carbonyl (C=O) groups excluding carboxylic acids is 1. The summed E-state index contributed by atoms with van der Waals surface area (Å²) in [6.45, 7) is 6.01. The van der Waals surface area contributed by atoms with Crippen LogP contribution in [0, 0.1) is 0 Å². The van der Waals surface area contributed by atoms with Crippen LogP contribution in [0.25, 0.3) is 0 Å². The van der Waals surface area contributed by atoms with E-state index in [1.54, 1.807) is 18.2 Å². The number of hydrogen-bond donors (Lipinski definition) is 0. The van der Waals surface area contributed by atoms with Gasteiger partial charge in [0.1, 0.15) is 6.10 Å². The Morgan fingerprint density at radius 1 is 0.964 bits per heavy atom. The van der Waals surface area contributed by atoms with E-state index >= 15 is 0 Å². The normalized spacial score (nSPS) is 11.6. The molecule has 0 radical (unpaired) electrons. The molecule has 0 bridgehead atoms. The maximum absolute atomic E-state index is 12.7. The van der Waals surface area contributed by atoms with E-state index in [-0.39, 0.29) is 6.10 Å². The zero-order chi connectivity index (χ0) is 20.8. The van der Waals surface area contributed by atoms with Crippen molar-refractivity contribution >= 4 is 5.97 Å². The van der Waals surface area contributed by atoms with Gasteiger partial charge in [-0.2, -0.15) is 0 Å². The second-order valence-corrected chi connectivity index (χ2v) is 6.88. The molecule has 0 aliphatic carbocycles. The molecule has 0 heterocycles. The van der Waals surface area contributed by atoms with Crippen LogP contribution in [0.2, 0.25) is 0 Å². The predicted molar refractivity (Wildman–Crippen MR) is 113 cm³/mol. The highest BCUT2D eigenvalue weighted by Crippen LogP contribution is 2.38. The lowest BCUT2D eigenvalue weighted by atomic mass is 10.0. The molecular weight excluding hydrogens is 356 g/mol. The molecule has 1 aromatic carbocycles. The molecular formula is C23H36O5. The van der Waals surface area contributed by atoms with Crippen molar-refractivity contribution in [2.24, 2.45) is 0 Å². The topological polar surface area (TPSA) is 54.0 Å². The predicted octanol–water partition coefficient (Wildman–Crippen LogP) is 5.95. The largest absolute Gasteiger partial charge is 0.493 e. The quantitative estimate of drug-likeness (QED) is 0.210. The van der Waals surface area contributed by atoms with Crippen molar-refractivity contribution in [2.45, 2.75) is 70.8 Å². The minimum Gasteiger partial charge on any atom is -0.493 e. The molecule has 0 aromatic heterocycles. The van der Waals surface area contributed by atoms with E-state index in [0.29, 0.717) is 29.2 Å². The van der Waals surface area contributed by atoms with Crippen molar-refractivity contribution < 1.29 is 23.7 Å². The van der Waals surface area contributed by atoms with Crippen molar-refractivity contribution in [2.75, 3.05) is 21.3 Å². The van der Waals surface area contributed by atoms with Gasteiger partial charge < -0.3 is 18.9 Å². The molecule has 1 atom stereocenters. The standard InChI is InChI=1S/C23H36O5/c1-6-8-9-10-11-12-13-15-19(14-7-2)28-23(24)18-16-20(25-3)22(27-5)21(17-18)26-4/h7,16-17,19H,2,6,8-15H2,1,3-5H3. The maximum atomic E-state index is 12.7. The van der Waals surface area contributed by atoms with Gasteiger partial charge in [-0.15, -0.1) is 6.58 Å². The number of esters is 1. The maximum Gasteiger partial charge on any atom is 0.338 e. The highest BCUT2D eigenvalue weighted by atomic mass is 16.5. The van der Waals surface area contributed by atoms with Crippen LogP contribution in [0.4, 0.5) is 0 Å². The van der Waals surface area contributed by atoms with Gasteiger partial charge in [-0.1, -0.05) is 51.5 Å². The summed E-state index contributed by atoms with van der Waals surface area (Å²) < 4.78 is 21.7. The van der Waals surface area contributed by atoms with Gasteiger partial charge in [0.25, 0.3) is 0 Å². The summed E-state index contributed by atoms with van der Waals surface area (Å²) in [6.07, 6.45) is 11.7. The molecule has 1 unspecified atom stereocenters. The number of rotatable bonds is 15. The fraction of sp³-hybridized carbons (Fsp3) is 0.609. The van der Waals surface area contributed by atoms with Crippen molar-refractivity contribution in [3.05, 3.63) is 30.4 Å². The molecule has 0 saturated carbocycles. The van der Waals surface area contributed by atoms with E-state index in [0.717, 1.165) is 12.8 Å². The highest BCUT2D eigenvalue weighted by molar-refractivity contribution is 5.91. The molecule has 1 aromatic rings. The lowest BCUT2D eigenvalue weighted by Crippen LogP contribution is -2.18. The Hall–Kier alpha value is -2.17. The highest BCUT2D eigenvalue weighted by Gasteiger charge is 2.20. The van der Waals surface area contributed by atoms with Crippen molar-refractivity contribution in [1.82, 2.24) is 0 Å². The first kappa shape index (κ1) is 23.9. The first-order valence-electron chi connectivity index (χ1n) is 10.2. The van der Waals surface area contributed by atoms with E-state index in [4.69, 9.17) is 18.9 Å². The fourth-order valence-corrected chi connectivity index (χ4v) is 3.16. The van der Waals surface area contributed by atoms with E-state index < -0.39 is 5.97 Å². The average Bonchev–Trinajstić information content (AvgIpc) is 2.71. The van der Waals surface area contributed by atoms with Crippen LogP contribution in [0.15, 0.2) is 24.8 Å². The Kier molecular flexibility index (Phi) is 11.9. The Labute approximate surface area is 170 Å². The molecule has 1 rings (SSSR count). The summed E-state index contributed by atoms with van der Waals surface area (Å²) >= 11 is 0. The van der Waals surface area contributed by atoms with Crippen LogP contribution in [0.3, 0.4) is 0 Å². The van der Waals surface area contributed by atoms with Gasteiger partial charge in [0, 0.05) is 6.42 Å². The fourth-order valence-electron chi connectivity index (χ4n) is 3.16. The Morgan fingerprint density at radius 3 is 2.04 bits per heavy atom. The number of carbonyl (C=O) groups is 1. The first-order chi connectivity index (χ1) is 13.6. The molecule has 0 aliphatic heterocycles. The van der Waals surface area contributed by atoms with Gasteiger partial charge in [0.05, 0.1) is 26.9 Å². The minimum absolute atomic E-state index is 0.167. The summed E-state index contributed by atoms with van der Waals surface area (Å²) in [7, 11) is 4.57. The van der Waals surface area contributed by atoms with Gasteiger partial charge in [-0.25, -0.2) is 4.79 Å². The van der Waals surface area contributed by atoms with Crippen LogP contribution in [0.1, 0.15) is 75.1 Å². The summed E-state index contributed by atoms with van der Waals surface area (Å²) in [5.74, 6) is 0.920. The third-order valence-electron chi connectivity index (χ3n) is 4.73. The summed E-state index contributed by atoms with van der Waals surface area (Å²) in [6, 6.07) is 3.23. The Morgan fingerprint density at radius 2 is 1.54 bits per heavy atom. The molecule has 5 heteroatoms. The monoisotopic (exact) mass is 392 g/mol. The van der Waals surface area contributed by atoms with Crippen LogP contribution < -0.4 is 14.2 Å². The van der Waals surface area contributed by atoms with Gasteiger partial charge in [-0.3, -0.25) is 0 Å². The van der Waals surface area contributed by atoms with Crippen LogP contribution in [0.5, 0.6) is 17.2 Å². The molecule has 0 N–H and O–H groups in total. The smallest absolute Gasteiger partial charge is 0.338 e. The Balaban J connectivity index is 2.67. The summed E-state index contributed by atoms with van der Waals surface area (Å²) in [5, 5.41) is 0. The lowest BCUT2D eigenvalue weighted by Gasteiger charge is -2.18. The van der Waals surface area contributed by atoms with Crippen LogP contribution >= 0.6 is 0 Å². The first-order valence-corrected chi connectivity index (χ1v) is 10.2. The molecule has 0 amide bonds. The summed E-state index contributed by atoms with van der Waals surface area (Å²) in [5.41, 5.74) is 0.378. The van der Waals surface area contributed by atoms with Crippen molar-refractivity contribution in [3.63, 3.8) is 0 Å². The van der Waals surface area contributed by atoms with E-state index in [2.05, 4.69) is 13.5 Å². The van der Waals surface area contributed by atoms with Gasteiger partial charge in [-0.05, 0) is 25.0 Å². The van der Waals surface area contributed by atoms with Gasteiger partial charge >= 0.3 is 5.97 Å². The average molecular weight is 393 g/mol. The van der Waals surface area contributed by atoms with Crippen LogP contribution in [-0.4, -0.2) is 33.4 Å². The number of hydrogen-bond acceptors (Lipinski definition) is 5. The number of ether oxygens (including phenoxy) is 4. The lowest BCUT2D eigenvalue weighted by molar-refractivity contribution is 0.0282. The number of unbranched alkanes of at least 4 members (excludes halogenated alkanes) is 6.